The van der Waals surface area contributed by atoms with Crippen molar-refractivity contribution >= 4 is 33.8 Å². The van der Waals surface area contributed by atoms with Gasteiger partial charge in [0.05, 0.1) is 25.3 Å². The van der Waals surface area contributed by atoms with Gasteiger partial charge in [0.25, 0.3) is 0 Å². The molecular weight excluding hydrogens is 467 g/mol. The smallest absolute Gasteiger partial charge is 0.344 e. The van der Waals surface area contributed by atoms with Crippen molar-refractivity contribution in [3.8, 4) is 17.2 Å². The molecule has 0 saturated heterocycles. The molecule has 0 bridgehead atoms. The first kappa shape index (κ1) is 22.2. The van der Waals surface area contributed by atoms with E-state index in [1.807, 2.05) is 0 Å². The van der Waals surface area contributed by atoms with Crippen molar-refractivity contribution in [2.24, 2.45) is 0 Å². The zero-order valence-corrected chi connectivity index (χ0v) is 18.3. The summed E-state index contributed by atoms with van der Waals surface area (Å²) in [6.07, 6.45) is 2.82. The van der Waals surface area contributed by atoms with Gasteiger partial charge in [0, 0.05) is 4.47 Å². The van der Waals surface area contributed by atoms with Crippen LogP contribution < -0.4 is 14.2 Å². The van der Waals surface area contributed by atoms with E-state index < -0.39 is 17.6 Å². The molecule has 158 valence electrons. The highest BCUT2D eigenvalue weighted by Crippen LogP contribution is 2.28. The van der Waals surface area contributed by atoms with E-state index in [1.54, 1.807) is 48.5 Å². The predicted octanol–water partition coefficient (Wildman–Crippen LogP) is 5.72. The lowest BCUT2D eigenvalue weighted by molar-refractivity contribution is 0.0732. The highest BCUT2D eigenvalue weighted by Gasteiger charge is 2.17. The quantitative estimate of drug-likeness (QED) is 0.185. The lowest BCUT2D eigenvalue weighted by atomic mass is 10.1. The summed E-state index contributed by atoms with van der Waals surface area (Å²) in [7, 11) is 3.03. The Kier molecular flexibility index (Phi) is 7.20. The van der Waals surface area contributed by atoms with Crippen LogP contribution in [0.25, 0.3) is 6.08 Å². The molecule has 3 aromatic rings. The number of allylic oxidation sites excluding steroid dienone is 1. The van der Waals surface area contributed by atoms with Gasteiger partial charge in [-0.05, 0) is 70.0 Å². The van der Waals surface area contributed by atoms with Gasteiger partial charge < -0.3 is 14.2 Å². The van der Waals surface area contributed by atoms with Gasteiger partial charge in [0.15, 0.2) is 17.3 Å². The number of benzene rings is 3. The summed E-state index contributed by atoms with van der Waals surface area (Å²) < 4.78 is 30.2. The maximum absolute atomic E-state index is 13.8. The average Bonchev–Trinajstić information content (AvgIpc) is 2.78. The van der Waals surface area contributed by atoms with Crippen molar-refractivity contribution < 1.29 is 28.2 Å². The minimum atomic E-state index is -0.669. The van der Waals surface area contributed by atoms with Gasteiger partial charge in [0.1, 0.15) is 11.6 Å². The van der Waals surface area contributed by atoms with Gasteiger partial charge in [-0.25, -0.2) is 9.18 Å². The Bertz CT molecular complexity index is 1160. The van der Waals surface area contributed by atoms with Crippen molar-refractivity contribution in [2.45, 2.75) is 0 Å². The molecule has 0 radical (unpaired) electrons. The minimum absolute atomic E-state index is 0.0379. The number of ether oxygens (including phenoxy) is 3. The van der Waals surface area contributed by atoms with E-state index in [2.05, 4.69) is 15.9 Å². The molecule has 5 nitrogen and oxygen atoms in total. The van der Waals surface area contributed by atoms with Crippen LogP contribution in [-0.2, 0) is 0 Å². The van der Waals surface area contributed by atoms with Crippen LogP contribution in [0.3, 0.4) is 0 Å². The van der Waals surface area contributed by atoms with Crippen LogP contribution in [0.15, 0.2) is 71.2 Å². The van der Waals surface area contributed by atoms with Crippen LogP contribution in [0.2, 0.25) is 0 Å². The maximum Gasteiger partial charge on any atom is 0.344 e. The first-order valence-corrected chi connectivity index (χ1v) is 9.93. The van der Waals surface area contributed by atoms with E-state index >= 15 is 0 Å². The van der Waals surface area contributed by atoms with Crippen molar-refractivity contribution in [2.75, 3.05) is 14.2 Å². The zero-order chi connectivity index (χ0) is 22.4. The molecule has 0 aromatic heterocycles. The number of halogens is 2. The first-order chi connectivity index (χ1) is 14.9. The predicted molar refractivity (Wildman–Crippen MR) is 118 cm³/mol. The third-order valence-corrected chi connectivity index (χ3v) is 5.03. The highest BCUT2D eigenvalue weighted by atomic mass is 79.9. The molecule has 3 aromatic carbocycles. The van der Waals surface area contributed by atoms with E-state index in [0.717, 1.165) is 12.1 Å². The number of hydrogen-bond donors (Lipinski definition) is 0. The maximum atomic E-state index is 13.8. The average molecular weight is 485 g/mol. The summed E-state index contributed by atoms with van der Waals surface area (Å²) in [6, 6.07) is 15.3. The molecule has 31 heavy (non-hydrogen) atoms. The molecule has 0 aliphatic carbocycles. The van der Waals surface area contributed by atoms with Gasteiger partial charge in [-0.2, -0.15) is 0 Å². The molecule has 7 heteroatoms. The summed E-state index contributed by atoms with van der Waals surface area (Å²) >= 11 is 3.28. The van der Waals surface area contributed by atoms with Gasteiger partial charge in [0.2, 0.25) is 0 Å². The highest BCUT2D eigenvalue weighted by molar-refractivity contribution is 9.10. The molecule has 0 atom stereocenters. The van der Waals surface area contributed by atoms with Crippen molar-refractivity contribution in [1.82, 2.24) is 0 Å². The third kappa shape index (κ3) is 5.38. The van der Waals surface area contributed by atoms with E-state index in [1.165, 1.54) is 26.4 Å². The van der Waals surface area contributed by atoms with Crippen molar-refractivity contribution in [3.63, 3.8) is 0 Å². The van der Waals surface area contributed by atoms with Crippen LogP contribution >= 0.6 is 15.9 Å². The largest absolute Gasteiger partial charge is 0.493 e. The molecule has 0 fully saturated rings. The number of carbonyl (C=O) groups excluding carboxylic acids is 2. The third-order valence-electron chi connectivity index (χ3n) is 4.34. The van der Waals surface area contributed by atoms with Crippen LogP contribution in [0.5, 0.6) is 17.2 Å². The molecule has 0 unspecified atom stereocenters. The van der Waals surface area contributed by atoms with E-state index in [-0.39, 0.29) is 16.9 Å². The number of rotatable bonds is 7. The fourth-order valence-corrected chi connectivity index (χ4v) is 3.23. The topological polar surface area (TPSA) is 61.8 Å². The Morgan fingerprint density at radius 3 is 2.29 bits per heavy atom. The second kappa shape index (κ2) is 10.0. The van der Waals surface area contributed by atoms with E-state index in [9.17, 15) is 14.0 Å². The summed E-state index contributed by atoms with van der Waals surface area (Å²) in [6.45, 7) is 0. The van der Waals surface area contributed by atoms with Crippen molar-refractivity contribution in [1.29, 1.82) is 0 Å². The summed E-state index contributed by atoms with van der Waals surface area (Å²) in [5, 5.41) is 0. The van der Waals surface area contributed by atoms with Gasteiger partial charge >= 0.3 is 5.97 Å². The van der Waals surface area contributed by atoms with Crippen LogP contribution in [0, 0.1) is 5.82 Å². The number of hydrogen-bond acceptors (Lipinski definition) is 5. The Balaban J connectivity index is 1.86. The summed E-state index contributed by atoms with van der Waals surface area (Å²) in [5.41, 5.74) is 0.886. The second-order valence-electron chi connectivity index (χ2n) is 6.32. The fraction of sp³-hybridized carbons (Fsp3) is 0.0833. The Hall–Kier alpha value is -3.45. The minimum Gasteiger partial charge on any atom is -0.493 e. The monoisotopic (exact) mass is 484 g/mol. The molecule has 0 saturated carbocycles. The van der Waals surface area contributed by atoms with Gasteiger partial charge in [-0.3, -0.25) is 4.79 Å². The molecule has 0 N–H and O–H groups in total. The fourth-order valence-electron chi connectivity index (χ4n) is 2.78. The number of carbonyl (C=O) groups is 2. The molecular formula is C24H18BrFO5. The molecule has 0 aliphatic heterocycles. The molecule has 0 spiro atoms. The van der Waals surface area contributed by atoms with Crippen molar-refractivity contribution in [3.05, 3.63) is 93.7 Å². The van der Waals surface area contributed by atoms with Crippen LogP contribution in [0.1, 0.15) is 26.3 Å². The number of esters is 1. The molecule has 0 amide bonds. The lowest BCUT2D eigenvalue weighted by Crippen LogP contribution is -2.12. The Labute approximate surface area is 187 Å². The van der Waals surface area contributed by atoms with E-state index in [4.69, 9.17) is 14.2 Å². The van der Waals surface area contributed by atoms with E-state index in [0.29, 0.717) is 21.5 Å². The normalized spacial score (nSPS) is 10.7. The van der Waals surface area contributed by atoms with Crippen LogP contribution in [-0.4, -0.2) is 26.0 Å². The number of ketones is 1. The first-order valence-electron chi connectivity index (χ1n) is 9.13. The Morgan fingerprint density at radius 1 is 0.871 bits per heavy atom. The Morgan fingerprint density at radius 2 is 1.58 bits per heavy atom. The zero-order valence-electron chi connectivity index (χ0n) is 16.7. The second-order valence-corrected chi connectivity index (χ2v) is 7.18. The summed E-state index contributed by atoms with van der Waals surface area (Å²) in [4.78, 5) is 25.2. The molecule has 3 rings (SSSR count). The standard InChI is InChI=1S/C24H18BrFO5/c1-29-22-11-8-15(13-23(22)30-2)7-10-20(27)18-14-16(26)9-12-21(18)31-24(28)17-5-3-4-6-19(17)25/h3-14H,1-2H3/b10-7+. The SMILES string of the molecule is COc1ccc(/C=C/C(=O)c2cc(F)ccc2OC(=O)c2ccccc2Br)cc1OC. The van der Waals surface area contributed by atoms with Gasteiger partial charge in [-0.15, -0.1) is 0 Å². The summed E-state index contributed by atoms with van der Waals surface area (Å²) in [5.74, 6) is -0.794. The van der Waals surface area contributed by atoms with Gasteiger partial charge in [-0.1, -0.05) is 24.3 Å². The molecule has 0 heterocycles. The van der Waals surface area contributed by atoms with Crippen LogP contribution in [0.4, 0.5) is 4.39 Å². The molecule has 0 aliphatic rings. The number of methoxy groups -OCH3 is 2. The lowest BCUT2D eigenvalue weighted by Gasteiger charge is -2.10.